The van der Waals surface area contributed by atoms with Crippen LogP contribution in [0.15, 0.2) is 48.3 Å². The number of anilines is 1. The molecule has 0 radical (unpaired) electrons. The predicted octanol–water partition coefficient (Wildman–Crippen LogP) is 4.15. The molecule has 152 valence electrons. The second-order valence-corrected chi connectivity index (χ2v) is 8.45. The van der Waals surface area contributed by atoms with E-state index in [0.717, 1.165) is 48.7 Å². The Hall–Kier alpha value is -2.66. The molecule has 3 heterocycles. The predicted molar refractivity (Wildman–Crippen MR) is 118 cm³/mol. The molecule has 0 amide bonds. The van der Waals surface area contributed by atoms with Crippen LogP contribution in [-0.2, 0) is 4.74 Å². The molecule has 5 heteroatoms. The van der Waals surface area contributed by atoms with Crippen molar-refractivity contribution in [2.45, 2.75) is 33.1 Å². The van der Waals surface area contributed by atoms with E-state index < -0.39 is 0 Å². The van der Waals surface area contributed by atoms with Crippen LogP contribution in [0, 0.1) is 17.7 Å². The normalized spacial score (nSPS) is 19.3. The minimum absolute atomic E-state index is 0.428. The summed E-state index contributed by atoms with van der Waals surface area (Å²) in [6.07, 6.45) is 5.33. The van der Waals surface area contributed by atoms with Crippen molar-refractivity contribution in [1.29, 1.82) is 5.41 Å². The lowest BCUT2D eigenvalue weighted by molar-refractivity contribution is 0.0254. The largest absolute Gasteiger partial charge is 0.402 e. The first-order valence-electron chi connectivity index (χ1n) is 10.4. The second kappa shape index (κ2) is 7.99. The number of nitrogens with one attached hydrogen (secondary N) is 1. The first kappa shape index (κ1) is 19.6. The summed E-state index contributed by atoms with van der Waals surface area (Å²) in [4.78, 5) is 6.72. The van der Waals surface area contributed by atoms with Gasteiger partial charge in [0.25, 0.3) is 0 Å². The fourth-order valence-electron chi connectivity index (χ4n) is 4.62. The van der Waals surface area contributed by atoms with Gasteiger partial charge in [-0.05, 0) is 68.4 Å². The number of allylic oxidation sites excluding steroid dienone is 2. The van der Waals surface area contributed by atoms with E-state index in [2.05, 4.69) is 34.1 Å². The van der Waals surface area contributed by atoms with E-state index in [-0.39, 0.29) is 0 Å². The molecule has 1 aromatic heterocycles. The summed E-state index contributed by atoms with van der Waals surface area (Å²) in [6, 6.07) is 12.3. The highest BCUT2D eigenvalue weighted by Gasteiger charge is 2.39. The average molecular weight is 391 g/mol. The van der Waals surface area contributed by atoms with Gasteiger partial charge >= 0.3 is 0 Å². The quantitative estimate of drug-likeness (QED) is 0.769. The van der Waals surface area contributed by atoms with Crippen LogP contribution in [0.5, 0.6) is 0 Å². The van der Waals surface area contributed by atoms with Crippen molar-refractivity contribution >= 4 is 17.0 Å². The SMILES string of the molecule is C/C(N)=C(/C(=N)c1ccnc(C)c1)c1ccc(N2CCC3(CCOCC3)C2)cc1. The van der Waals surface area contributed by atoms with Gasteiger partial charge in [0, 0.05) is 60.7 Å². The highest BCUT2D eigenvalue weighted by Crippen LogP contribution is 2.41. The molecule has 0 aliphatic carbocycles. The van der Waals surface area contributed by atoms with Gasteiger partial charge in [-0.3, -0.25) is 10.4 Å². The molecule has 0 atom stereocenters. The van der Waals surface area contributed by atoms with Crippen LogP contribution in [0.25, 0.3) is 5.57 Å². The van der Waals surface area contributed by atoms with Crippen LogP contribution in [0.2, 0.25) is 0 Å². The number of rotatable bonds is 4. The van der Waals surface area contributed by atoms with Crippen LogP contribution < -0.4 is 10.6 Å². The summed E-state index contributed by atoms with van der Waals surface area (Å²) in [5.41, 5.74) is 12.5. The van der Waals surface area contributed by atoms with Gasteiger partial charge in [0.2, 0.25) is 0 Å². The number of pyridine rings is 1. The summed E-state index contributed by atoms with van der Waals surface area (Å²) < 4.78 is 5.57. The van der Waals surface area contributed by atoms with Crippen LogP contribution in [0.3, 0.4) is 0 Å². The van der Waals surface area contributed by atoms with Crippen molar-refractivity contribution in [3.63, 3.8) is 0 Å². The smallest absolute Gasteiger partial charge is 0.0708 e. The molecule has 3 N–H and O–H groups in total. The molecule has 2 saturated heterocycles. The summed E-state index contributed by atoms with van der Waals surface area (Å²) >= 11 is 0. The monoisotopic (exact) mass is 390 g/mol. The average Bonchev–Trinajstić information content (AvgIpc) is 3.12. The van der Waals surface area contributed by atoms with Gasteiger partial charge in [0.1, 0.15) is 0 Å². The summed E-state index contributed by atoms with van der Waals surface area (Å²) in [5.74, 6) is 0. The highest BCUT2D eigenvalue weighted by atomic mass is 16.5. The fourth-order valence-corrected chi connectivity index (χ4v) is 4.62. The molecule has 0 unspecified atom stereocenters. The molecular weight excluding hydrogens is 360 g/mol. The first-order valence-corrected chi connectivity index (χ1v) is 10.4. The number of hydrogen-bond donors (Lipinski definition) is 2. The lowest BCUT2D eigenvalue weighted by Gasteiger charge is -2.33. The van der Waals surface area contributed by atoms with Crippen LogP contribution in [0.4, 0.5) is 5.69 Å². The van der Waals surface area contributed by atoms with Gasteiger partial charge in [0.05, 0.1) is 5.71 Å². The molecule has 1 aromatic carbocycles. The molecular formula is C24H30N4O. The lowest BCUT2D eigenvalue weighted by Crippen LogP contribution is -2.33. The zero-order chi connectivity index (χ0) is 20.4. The topological polar surface area (TPSA) is 75.2 Å². The standard InChI is InChI=1S/C24H30N4O/c1-17-15-20(7-11-27-17)23(26)22(18(2)25)19-3-5-21(6-4-19)28-12-8-24(16-28)9-13-29-14-10-24/h3-7,11,15,26H,8-10,12-14,16,25H2,1-2H3/b22-18-,26-23?. The van der Waals surface area contributed by atoms with E-state index in [4.69, 9.17) is 15.9 Å². The molecule has 29 heavy (non-hydrogen) atoms. The molecule has 0 saturated carbocycles. The third-order valence-electron chi connectivity index (χ3n) is 6.34. The first-order chi connectivity index (χ1) is 14.0. The minimum atomic E-state index is 0.428. The van der Waals surface area contributed by atoms with Gasteiger partial charge < -0.3 is 15.4 Å². The summed E-state index contributed by atoms with van der Waals surface area (Å²) in [6.45, 7) is 7.80. The van der Waals surface area contributed by atoms with E-state index in [0.29, 0.717) is 16.8 Å². The number of hydrogen-bond acceptors (Lipinski definition) is 5. The number of aryl methyl sites for hydroxylation is 1. The lowest BCUT2D eigenvalue weighted by atomic mass is 9.80. The maximum atomic E-state index is 8.71. The van der Waals surface area contributed by atoms with Gasteiger partial charge in [0.15, 0.2) is 0 Å². The second-order valence-electron chi connectivity index (χ2n) is 8.45. The Morgan fingerprint density at radius 3 is 2.48 bits per heavy atom. The number of nitrogens with two attached hydrogens (primary N) is 1. The number of ether oxygens (including phenoxy) is 1. The van der Waals surface area contributed by atoms with E-state index in [1.807, 2.05) is 26.0 Å². The summed E-state index contributed by atoms with van der Waals surface area (Å²) in [5, 5.41) is 8.71. The molecule has 2 aliphatic heterocycles. The molecule has 2 fully saturated rings. The Labute approximate surface area is 173 Å². The third-order valence-corrected chi connectivity index (χ3v) is 6.34. The van der Waals surface area contributed by atoms with E-state index in [1.54, 1.807) is 6.20 Å². The zero-order valence-corrected chi connectivity index (χ0v) is 17.4. The Morgan fingerprint density at radius 2 is 1.83 bits per heavy atom. The minimum Gasteiger partial charge on any atom is -0.402 e. The van der Waals surface area contributed by atoms with Crippen LogP contribution >= 0.6 is 0 Å². The summed E-state index contributed by atoms with van der Waals surface area (Å²) in [7, 11) is 0. The van der Waals surface area contributed by atoms with Gasteiger partial charge in [-0.25, -0.2) is 0 Å². The molecule has 1 spiro atoms. The number of benzene rings is 1. The number of nitrogens with zero attached hydrogens (tertiary/aromatic N) is 2. The van der Waals surface area contributed by atoms with Crippen LogP contribution in [0.1, 0.15) is 43.0 Å². The highest BCUT2D eigenvalue weighted by molar-refractivity contribution is 6.30. The van der Waals surface area contributed by atoms with Crippen molar-refractivity contribution < 1.29 is 4.74 Å². The maximum Gasteiger partial charge on any atom is 0.0708 e. The van der Waals surface area contributed by atoms with Crippen molar-refractivity contribution in [1.82, 2.24) is 4.98 Å². The molecule has 5 nitrogen and oxygen atoms in total. The molecule has 4 rings (SSSR count). The molecule has 2 aromatic rings. The van der Waals surface area contributed by atoms with Gasteiger partial charge in [-0.2, -0.15) is 0 Å². The Balaban J connectivity index is 1.54. The zero-order valence-electron chi connectivity index (χ0n) is 17.4. The Kier molecular flexibility index (Phi) is 5.41. The Bertz CT molecular complexity index is 922. The van der Waals surface area contributed by atoms with Crippen molar-refractivity contribution in [2.75, 3.05) is 31.2 Å². The molecule has 0 bridgehead atoms. The van der Waals surface area contributed by atoms with Gasteiger partial charge in [-0.15, -0.1) is 0 Å². The third kappa shape index (κ3) is 4.06. The van der Waals surface area contributed by atoms with Crippen molar-refractivity contribution in [3.8, 4) is 0 Å². The molecule has 2 aliphatic rings. The van der Waals surface area contributed by atoms with Crippen molar-refractivity contribution in [2.24, 2.45) is 11.1 Å². The maximum absolute atomic E-state index is 8.71. The van der Waals surface area contributed by atoms with E-state index in [9.17, 15) is 0 Å². The van der Waals surface area contributed by atoms with Gasteiger partial charge in [-0.1, -0.05) is 12.1 Å². The van der Waals surface area contributed by atoms with E-state index in [1.165, 1.54) is 24.9 Å². The fraction of sp³-hybridized carbons (Fsp3) is 0.417. The number of aromatic nitrogens is 1. The van der Waals surface area contributed by atoms with E-state index >= 15 is 0 Å². The van der Waals surface area contributed by atoms with Crippen LogP contribution in [-0.4, -0.2) is 37.0 Å². The Morgan fingerprint density at radius 1 is 1.10 bits per heavy atom. The van der Waals surface area contributed by atoms with Crippen molar-refractivity contribution in [3.05, 3.63) is 65.1 Å².